The van der Waals surface area contributed by atoms with Crippen LogP contribution in [0.15, 0.2) is 70.7 Å². The van der Waals surface area contributed by atoms with Gasteiger partial charge in [-0.2, -0.15) is 10.2 Å². The van der Waals surface area contributed by atoms with Gasteiger partial charge in [0, 0.05) is 29.7 Å². The number of carbonyl (C=O) groups is 1. The topological polar surface area (TPSA) is 110 Å². The van der Waals surface area contributed by atoms with Crippen molar-refractivity contribution >= 4 is 17.3 Å². The van der Waals surface area contributed by atoms with Crippen molar-refractivity contribution in [2.75, 3.05) is 6.61 Å². The van der Waals surface area contributed by atoms with Crippen molar-refractivity contribution in [2.45, 2.75) is 89.4 Å². The Morgan fingerprint density at radius 3 is 2.51 bits per heavy atom. The number of nitrogens with one attached hydrogen (secondary N) is 1. The number of fused-ring (bicyclic) bond motifs is 1. The van der Waals surface area contributed by atoms with Crippen LogP contribution in [0.5, 0.6) is 0 Å². The van der Waals surface area contributed by atoms with Gasteiger partial charge in [-0.1, -0.05) is 55.8 Å². The van der Waals surface area contributed by atoms with Crippen LogP contribution in [0.3, 0.4) is 0 Å². The van der Waals surface area contributed by atoms with Crippen LogP contribution >= 0.6 is 0 Å². The minimum Gasteiger partial charge on any atom is -0.390 e. The Hall–Kier alpha value is -4.08. The quantitative estimate of drug-likeness (QED) is 0.244. The number of aliphatic hydroxyl groups is 1. The van der Waals surface area contributed by atoms with Gasteiger partial charge in [0.2, 0.25) is 5.91 Å². The molecule has 0 spiro atoms. The van der Waals surface area contributed by atoms with Crippen LogP contribution in [0.2, 0.25) is 0 Å². The average Bonchev–Trinajstić information content (AvgIpc) is 3.66. The normalized spacial score (nSPS) is 20.8. The summed E-state index contributed by atoms with van der Waals surface area (Å²) < 4.78 is 10.0. The third-order valence-electron chi connectivity index (χ3n) is 9.62. The maximum atomic E-state index is 14.5. The molecule has 0 bridgehead atoms. The summed E-state index contributed by atoms with van der Waals surface area (Å²) in [6.45, 7) is 2.53. The first-order valence-electron chi connectivity index (χ1n) is 16.4. The predicted molar refractivity (Wildman–Crippen MR) is 173 cm³/mol. The second-order valence-corrected chi connectivity index (χ2v) is 12.8. The lowest BCUT2D eigenvalue weighted by Crippen LogP contribution is -2.35. The number of carbonyl (C=O) groups excluding carboxylic acids is 1. The summed E-state index contributed by atoms with van der Waals surface area (Å²) in [5.41, 5.74) is 9.86. The molecule has 2 aromatic heterocycles. The van der Waals surface area contributed by atoms with Gasteiger partial charge in [0.05, 0.1) is 42.8 Å². The molecule has 2 N–H and O–H groups in total. The first-order chi connectivity index (χ1) is 22.0. The standard InChI is InChI=1S/C36H41N5O4/c1-2-6-32-30(20-23-9-16-28(24-7-4-3-5-8-24)29(19-23)31-21-34(43)39-38-31)36(44)40(35-17-18-37-41(32)35)26-12-14-27(15-13-26)45-22-33(42)25-10-11-25/h3-5,7-9,16-19,25-27,33,42H,2,6,10-15,20-22H2,1H3,(H,39,43). The number of aromatic nitrogens is 3. The molecule has 2 aromatic carbocycles. The van der Waals surface area contributed by atoms with E-state index in [1.165, 1.54) is 0 Å². The second-order valence-electron chi connectivity index (χ2n) is 12.8. The van der Waals surface area contributed by atoms with Crippen molar-refractivity contribution in [3.63, 3.8) is 0 Å². The number of benzene rings is 2. The van der Waals surface area contributed by atoms with Crippen LogP contribution in [0.4, 0.5) is 0 Å². The summed E-state index contributed by atoms with van der Waals surface area (Å²) in [6.07, 6.45) is 9.47. The highest BCUT2D eigenvalue weighted by molar-refractivity contribution is 6.16. The second kappa shape index (κ2) is 12.7. The van der Waals surface area contributed by atoms with Gasteiger partial charge in [-0.15, -0.1) is 0 Å². The smallest absolute Gasteiger partial charge is 0.257 e. The molecular formula is C36H41N5O4. The van der Waals surface area contributed by atoms with E-state index in [2.05, 4.69) is 47.8 Å². The van der Waals surface area contributed by atoms with E-state index in [-0.39, 0.29) is 36.1 Å². The van der Waals surface area contributed by atoms with E-state index < -0.39 is 0 Å². The number of hydrogen-bond donors (Lipinski definition) is 2. The Labute approximate surface area is 262 Å². The zero-order valence-corrected chi connectivity index (χ0v) is 25.8. The molecule has 0 saturated heterocycles. The van der Waals surface area contributed by atoms with Crippen molar-refractivity contribution < 1.29 is 14.6 Å². The van der Waals surface area contributed by atoms with E-state index in [9.17, 15) is 14.7 Å². The zero-order valence-electron chi connectivity index (χ0n) is 25.8. The van der Waals surface area contributed by atoms with E-state index >= 15 is 0 Å². The molecule has 2 saturated carbocycles. The maximum absolute atomic E-state index is 14.5. The van der Waals surface area contributed by atoms with Gasteiger partial charge < -0.3 is 9.84 Å². The lowest BCUT2D eigenvalue weighted by molar-refractivity contribution is -0.119. The molecule has 1 aliphatic heterocycles. The number of hydrazone groups is 1. The van der Waals surface area contributed by atoms with Crippen molar-refractivity contribution in [3.05, 3.63) is 93.5 Å². The van der Waals surface area contributed by atoms with Crippen LogP contribution in [-0.4, -0.2) is 49.7 Å². The van der Waals surface area contributed by atoms with E-state index in [1.54, 1.807) is 6.20 Å². The monoisotopic (exact) mass is 607 g/mol. The van der Waals surface area contributed by atoms with Gasteiger partial charge >= 0.3 is 0 Å². The number of aryl methyl sites for hydroxylation is 1. The molecule has 1 atom stereocenters. The van der Waals surface area contributed by atoms with E-state index in [0.29, 0.717) is 24.7 Å². The summed E-state index contributed by atoms with van der Waals surface area (Å²) in [5.74, 6) is 0.289. The van der Waals surface area contributed by atoms with Crippen LogP contribution in [0, 0.1) is 5.92 Å². The van der Waals surface area contributed by atoms with E-state index in [4.69, 9.17) is 9.84 Å². The molecule has 234 valence electrons. The Kier molecular flexibility index (Phi) is 8.38. The minimum absolute atomic E-state index is 0.0451. The number of aliphatic hydroxyl groups excluding tert-OH is 1. The highest BCUT2D eigenvalue weighted by Crippen LogP contribution is 2.35. The van der Waals surface area contributed by atoms with Crippen molar-refractivity contribution in [1.82, 2.24) is 19.6 Å². The fourth-order valence-electron chi connectivity index (χ4n) is 7.06. The average molecular weight is 608 g/mol. The molecule has 3 aliphatic rings. The number of rotatable bonds is 11. The fourth-order valence-corrected chi connectivity index (χ4v) is 7.06. The summed E-state index contributed by atoms with van der Waals surface area (Å²) in [6, 6.07) is 18.4. The molecule has 1 amide bonds. The summed E-state index contributed by atoms with van der Waals surface area (Å²) in [7, 11) is 0. The largest absolute Gasteiger partial charge is 0.390 e. The van der Waals surface area contributed by atoms with Crippen LogP contribution in [-0.2, 0) is 22.4 Å². The van der Waals surface area contributed by atoms with Gasteiger partial charge in [0.15, 0.2) is 0 Å². The zero-order chi connectivity index (χ0) is 30.9. The van der Waals surface area contributed by atoms with Crippen molar-refractivity contribution in [1.29, 1.82) is 0 Å². The highest BCUT2D eigenvalue weighted by atomic mass is 16.5. The Bertz CT molecular complexity index is 1780. The number of ether oxygens (including phenoxy) is 1. The van der Waals surface area contributed by atoms with E-state index in [0.717, 1.165) is 90.5 Å². The molecule has 9 heteroatoms. The molecule has 7 rings (SSSR count). The third kappa shape index (κ3) is 6.11. The van der Waals surface area contributed by atoms with Crippen LogP contribution < -0.4 is 11.0 Å². The Morgan fingerprint density at radius 2 is 1.80 bits per heavy atom. The fraction of sp³-hybridized carbons (Fsp3) is 0.444. The van der Waals surface area contributed by atoms with E-state index in [1.807, 2.05) is 33.3 Å². The molecule has 3 heterocycles. The van der Waals surface area contributed by atoms with Crippen molar-refractivity contribution in [2.24, 2.45) is 11.0 Å². The number of hydrogen-bond acceptors (Lipinski definition) is 6. The number of nitrogens with zero attached hydrogens (tertiary/aromatic N) is 4. The lowest BCUT2D eigenvalue weighted by atomic mass is 9.91. The Morgan fingerprint density at radius 1 is 1.00 bits per heavy atom. The summed E-state index contributed by atoms with van der Waals surface area (Å²) in [4.78, 5) is 26.6. The van der Waals surface area contributed by atoms with Crippen molar-refractivity contribution in [3.8, 4) is 11.1 Å². The first-order valence-corrected chi connectivity index (χ1v) is 16.4. The summed E-state index contributed by atoms with van der Waals surface area (Å²) in [5, 5.41) is 19.3. The van der Waals surface area contributed by atoms with Gasteiger partial charge in [0.25, 0.3) is 5.56 Å². The third-order valence-corrected chi connectivity index (χ3v) is 9.62. The summed E-state index contributed by atoms with van der Waals surface area (Å²) >= 11 is 0. The predicted octanol–water partition coefficient (Wildman–Crippen LogP) is 5.20. The molecule has 45 heavy (non-hydrogen) atoms. The van der Waals surface area contributed by atoms with Gasteiger partial charge in [-0.05, 0) is 73.6 Å². The van der Waals surface area contributed by atoms with Gasteiger partial charge in [-0.25, -0.2) is 9.94 Å². The number of amides is 1. The van der Waals surface area contributed by atoms with Crippen LogP contribution in [0.25, 0.3) is 16.8 Å². The molecule has 0 radical (unpaired) electrons. The maximum Gasteiger partial charge on any atom is 0.257 e. The molecule has 1 unspecified atom stereocenters. The van der Waals surface area contributed by atoms with Crippen LogP contribution in [0.1, 0.15) is 86.7 Å². The molecule has 9 nitrogen and oxygen atoms in total. The first kappa shape index (κ1) is 29.6. The molecule has 2 fully saturated rings. The lowest BCUT2D eigenvalue weighted by Gasteiger charge is -2.31. The Balaban J connectivity index is 1.22. The SMILES string of the molecule is CCCc1c(Cc2ccc(-c3ccccc3)c(C3=NNC(=O)C3)c2)c(=O)n(C2CCC(OCC(O)C3CC3)CC2)c2ccnn12. The molecular weight excluding hydrogens is 566 g/mol. The molecule has 4 aromatic rings. The minimum atomic E-state index is -0.356. The molecule has 2 aliphatic carbocycles. The van der Waals surface area contributed by atoms with Gasteiger partial charge in [-0.3, -0.25) is 14.2 Å². The highest BCUT2D eigenvalue weighted by Gasteiger charge is 2.32. The van der Waals surface area contributed by atoms with Gasteiger partial charge in [0.1, 0.15) is 5.65 Å².